The van der Waals surface area contributed by atoms with E-state index in [4.69, 9.17) is 5.73 Å². The Hall–Kier alpha value is -2.95. The number of hydrogen-bond acceptors (Lipinski definition) is 4. The molecule has 3 N–H and O–H groups in total. The molecule has 3 rings (SSSR count). The molecule has 1 aromatic carbocycles. The second-order valence-electron chi connectivity index (χ2n) is 4.30. The molecule has 2 heterocycles. The van der Waals surface area contributed by atoms with E-state index >= 15 is 0 Å². The number of pyridine rings is 2. The van der Waals surface area contributed by atoms with E-state index in [2.05, 4.69) is 15.3 Å². The first kappa shape index (κ1) is 12.1. The van der Waals surface area contributed by atoms with Crippen LogP contribution < -0.4 is 11.1 Å². The maximum Gasteiger partial charge on any atom is 0.274 e. The topological polar surface area (TPSA) is 80.9 Å². The molecule has 5 nitrogen and oxygen atoms in total. The van der Waals surface area contributed by atoms with Gasteiger partial charge in [-0.15, -0.1) is 0 Å². The number of benzene rings is 1. The normalized spacial score (nSPS) is 10.4. The first-order valence-electron chi connectivity index (χ1n) is 6.11. The SMILES string of the molecule is Nc1ccnc(C(=O)Nc2cccc3ncccc23)c1. The number of fused-ring (bicyclic) bond motifs is 1. The molecule has 20 heavy (non-hydrogen) atoms. The summed E-state index contributed by atoms with van der Waals surface area (Å²) in [7, 11) is 0. The summed E-state index contributed by atoms with van der Waals surface area (Å²) in [4.78, 5) is 20.4. The smallest absolute Gasteiger partial charge is 0.274 e. The molecule has 0 atom stereocenters. The van der Waals surface area contributed by atoms with Gasteiger partial charge in [0, 0.05) is 23.5 Å². The van der Waals surface area contributed by atoms with Crippen molar-refractivity contribution in [2.45, 2.75) is 0 Å². The second kappa shape index (κ2) is 4.97. The highest BCUT2D eigenvalue weighted by atomic mass is 16.1. The van der Waals surface area contributed by atoms with E-state index < -0.39 is 0 Å². The predicted molar refractivity (Wildman–Crippen MR) is 78.3 cm³/mol. The van der Waals surface area contributed by atoms with Crippen LogP contribution in [0.3, 0.4) is 0 Å². The highest BCUT2D eigenvalue weighted by Gasteiger charge is 2.09. The van der Waals surface area contributed by atoms with Gasteiger partial charge in [0.2, 0.25) is 0 Å². The number of nitrogens with zero attached hydrogens (tertiary/aromatic N) is 2. The van der Waals surface area contributed by atoms with Crippen molar-refractivity contribution in [1.82, 2.24) is 9.97 Å². The van der Waals surface area contributed by atoms with Crippen molar-refractivity contribution in [3.63, 3.8) is 0 Å². The highest BCUT2D eigenvalue weighted by Crippen LogP contribution is 2.21. The van der Waals surface area contributed by atoms with E-state index in [0.717, 1.165) is 10.9 Å². The van der Waals surface area contributed by atoms with Gasteiger partial charge in [0.15, 0.2) is 0 Å². The van der Waals surface area contributed by atoms with Crippen LogP contribution in [0.4, 0.5) is 11.4 Å². The van der Waals surface area contributed by atoms with Crippen LogP contribution >= 0.6 is 0 Å². The van der Waals surface area contributed by atoms with E-state index in [9.17, 15) is 4.79 Å². The van der Waals surface area contributed by atoms with Gasteiger partial charge in [-0.25, -0.2) is 0 Å². The summed E-state index contributed by atoms with van der Waals surface area (Å²) in [6, 6.07) is 12.5. The highest BCUT2D eigenvalue weighted by molar-refractivity contribution is 6.07. The molecule has 0 saturated heterocycles. The monoisotopic (exact) mass is 264 g/mol. The Morgan fingerprint density at radius 2 is 1.95 bits per heavy atom. The minimum atomic E-state index is -0.298. The maximum absolute atomic E-state index is 12.2. The molecule has 0 fully saturated rings. The quantitative estimate of drug-likeness (QED) is 0.745. The Morgan fingerprint density at radius 3 is 2.80 bits per heavy atom. The van der Waals surface area contributed by atoms with Crippen LogP contribution in [0.1, 0.15) is 10.5 Å². The van der Waals surface area contributed by atoms with Crippen molar-refractivity contribution in [2.75, 3.05) is 11.1 Å². The van der Waals surface area contributed by atoms with Crippen LogP contribution in [0, 0.1) is 0 Å². The van der Waals surface area contributed by atoms with Gasteiger partial charge in [0.1, 0.15) is 5.69 Å². The van der Waals surface area contributed by atoms with Gasteiger partial charge in [-0.1, -0.05) is 6.07 Å². The minimum Gasteiger partial charge on any atom is -0.399 e. The van der Waals surface area contributed by atoms with Crippen molar-refractivity contribution in [3.8, 4) is 0 Å². The van der Waals surface area contributed by atoms with Gasteiger partial charge in [0.25, 0.3) is 5.91 Å². The Labute approximate surface area is 115 Å². The second-order valence-corrected chi connectivity index (χ2v) is 4.30. The zero-order chi connectivity index (χ0) is 13.9. The lowest BCUT2D eigenvalue weighted by Gasteiger charge is -2.08. The molecule has 98 valence electrons. The molecule has 0 aliphatic rings. The van der Waals surface area contributed by atoms with Crippen molar-refractivity contribution in [1.29, 1.82) is 0 Å². The van der Waals surface area contributed by atoms with Crippen LogP contribution in [0.2, 0.25) is 0 Å². The van der Waals surface area contributed by atoms with Crippen molar-refractivity contribution in [2.24, 2.45) is 0 Å². The molecule has 1 amide bonds. The van der Waals surface area contributed by atoms with Crippen LogP contribution in [0.5, 0.6) is 0 Å². The summed E-state index contributed by atoms with van der Waals surface area (Å²) >= 11 is 0. The molecule has 0 spiro atoms. The maximum atomic E-state index is 12.2. The summed E-state index contributed by atoms with van der Waals surface area (Å²) < 4.78 is 0. The lowest BCUT2D eigenvalue weighted by atomic mass is 10.2. The molecule has 0 aliphatic carbocycles. The van der Waals surface area contributed by atoms with Crippen LogP contribution in [0.25, 0.3) is 10.9 Å². The third kappa shape index (κ3) is 2.29. The fraction of sp³-hybridized carbons (Fsp3) is 0. The molecule has 0 unspecified atom stereocenters. The molecule has 3 aromatic rings. The molecule has 2 aromatic heterocycles. The number of carbonyl (C=O) groups excluding carboxylic acids is 1. The number of anilines is 2. The number of carbonyl (C=O) groups is 1. The van der Waals surface area contributed by atoms with Crippen LogP contribution in [-0.4, -0.2) is 15.9 Å². The van der Waals surface area contributed by atoms with E-state index in [0.29, 0.717) is 11.4 Å². The summed E-state index contributed by atoms with van der Waals surface area (Å²) in [5, 5.41) is 3.71. The Balaban J connectivity index is 1.95. The van der Waals surface area contributed by atoms with E-state index in [1.54, 1.807) is 18.3 Å². The van der Waals surface area contributed by atoms with Gasteiger partial charge in [-0.05, 0) is 36.4 Å². The summed E-state index contributed by atoms with van der Waals surface area (Å²) in [6.07, 6.45) is 3.22. The fourth-order valence-corrected chi connectivity index (χ4v) is 1.97. The summed E-state index contributed by atoms with van der Waals surface area (Å²) in [5.74, 6) is -0.298. The van der Waals surface area contributed by atoms with Gasteiger partial charge in [0.05, 0.1) is 11.2 Å². The summed E-state index contributed by atoms with van der Waals surface area (Å²) in [6.45, 7) is 0. The number of nitrogens with two attached hydrogens (primary N) is 1. The lowest BCUT2D eigenvalue weighted by molar-refractivity contribution is 0.102. The average molecular weight is 264 g/mol. The molecule has 0 aliphatic heterocycles. The van der Waals surface area contributed by atoms with Crippen LogP contribution in [0.15, 0.2) is 54.9 Å². The number of amides is 1. The average Bonchev–Trinajstić information content (AvgIpc) is 2.47. The Morgan fingerprint density at radius 1 is 1.05 bits per heavy atom. The lowest BCUT2D eigenvalue weighted by Crippen LogP contribution is -2.14. The predicted octanol–water partition coefficient (Wildman–Crippen LogP) is 2.46. The first-order valence-corrected chi connectivity index (χ1v) is 6.11. The molecule has 0 radical (unpaired) electrons. The zero-order valence-electron chi connectivity index (χ0n) is 10.6. The number of aromatic nitrogens is 2. The van der Waals surface area contributed by atoms with Gasteiger partial charge in [-0.3, -0.25) is 14.8 Å². The standard InChI is InChI=1S/C15H12N4O/c16-10-6-8-18-14(9-10)15(20)19-13-5-1-4-12-11(13)3-2-7-17-12/h1-9H,(H2,16,18)(H,19,20). The molecule has 0 saturated carbocycles. The minimum absolute atomic E-state index is 0.283. The first-order chi connectivity index (χ1) is 9.74. The van der Waals surface area contributed by atoms with Crippen molar-refractivity contribution < 1.29 is 4.79 Å². The fourth-order valence-electron chi connectivity index (χ4n) is 1.97. The van der Waals surface area contributed by atoms with Gasteiger partial charge in [-0.2, -0.15) is 0 Å². The van der Waals surface area contributed by atoms with E-state index in [-0.39, 0.29) is 11.6 Å². The zero-order valence-corrected chi connectivity index (χ0v) is 10.6. The molecule has 0 bridgehead atoms. The number of nitrogen functional groups attached to an aromatic ring is 1. The van der Waals surface area contributed by atoms with E-state index in [1.807, 2.05) is 30.3 Å². The molecular formula is C15H12N4O. The van der Waals surface area contributed by atoms with Crippen LogP contribution in [-0.2, 0) is 0 Å². The molecule has 5 heteroatoms. The van der Waals surface area contributed by atoms with Gasteiger partial charge >= 0.3 is 0 Å². The summed E-state index contributed by atoms with van der Waals surface area (Å²) in [5.41, 5.74) is 7.96. The molecular weight excluding hydrogens is 252 g/mol. The Kier molecular flexibility index (Phi) is 3.01. The number of rotatable bonds is 2. The largest absolute Gasteiger partial charge is 0.399 e. The van der Waals surface area contributed by atoms with Gasteiger partial charge < -0.3 is 11.1 Å². The Bertz CT molecular complexity index is 780. The third-order valence-corrected chi connectivity index (χ3v) is 2.91. The third-order valence-electron chi connectivity index (χ3n) is 2.91. The number of nitrogens with one attached hydrogen (secondary N) is 1. The number of hydrogen-bond donors (Lipinski definition) is 2. The van der Waals surface area contributed by atoms with E-state index in [1.165, 1.54) is 6.20 Å². The van der Waals surface area contributed by atoms with Crippen molar-refractivity contribution in [3.05, 3.63) is 60.6 Å². The van der Waals surface area contributed by atoms with Crippen molar-refractivity contribution >= 4 is 28.2 Å².